The van der Waals surface area contributed by atoms with Crippen LogP contribution in [0.25, 0.3) is 28.2 Å². The third-order valence-corrected chi connectivity index (χ3v) is 5.88. The fourth-order valence-corrected chi connectivity index (χ4v) is 3.71. The Hall–Kier alpha value is -3.12. The molecule has 2 aromatic carbocycles. The van der Waals surface area contributed by atoms with E-state index in [0.29, 0.717) is 11.6 Å². The van der Waals surface area contributed by atoms with Crippen molar-refractivity contribution in [3.05, 3.63) is 72.7 Å². The molecule has 0 atom stereocenters. The molecule has 1 aliphatic rings. The molecule has 1 amide bonds. The van der Waals surface area contributed by atoms with Crippen LogP contribution < -0.4 is 5.32 Å². The highest BCUT2D eigenvalue weighted by Crippen LogP contribution is 2.26. The molecule has 4 aromatic rings. The standard InChI is InChI=1S/C23H20N4OS/c1-29-19-10-6-15(7-11-19)20-14-27-21(12-25-22(27)13-24-20)16-2-4-17(5-3-16)23(28)26-18-8-9-18/h2-7,10-14,18H,8-9H2,1H3,(H,26,28). The van der Waals surface area contributed by atoms with E-state index in [1.54, 1.807) is 18.0 Å². The molecule has 1 saturated carbocycles. The van der Waals surface area contributed by atoms with Crippen molar-refractivity contribution >= 4 is 23.3 Å². The summed E-state index contributed by atoms with van der Waals surface area (Å²) < 4.78 is 2.05. The summed E-state index contributed by atoms with van der Waals surface area (Å²) in [6.45, 7) is 0. The SMILES string of the molecule is CSc1ccc(-c2cn3c(-c4ccc(C(=O)NC5CC5)cc4)cnc3cn2)cc1. The smallest absolute Gasteiger partial charge is 0.251 e. The van der Waals surface area contributed by atoms with E-state index >= 15 is 0 Å². The van der Waals surface area contributed by atoms with Crippen molar-refractivity contribution in [3.8, 4) is 22.5 Å². The van der Waals surface area contributed by atoms with Crippen LogP contribution in [0.15, 0.2) is 72.0 Å². The highest BCUT2D eigenvalue weighted by molar-refractivity contribution is 7.98. The van der Waals surface area contributed by atoms with Crippen molar-refractivity contribution in [2.45, 2.75) is 23.8 Å². The Bertz CT molecular complexity index is 1180. The maximum Gasteiger partial charge on any atom is 0.251 e. The van der Waals surface area contributed by atoms with Crippen LogP contribution in [-0.2, 0) is 0 Å². The lowest BCUT2D eigenvalue weighted by Crippen LogP contribution is -2.25. The number of aromatic nitrogens is 3. The fourth-order valence-electron chi connectivity index (χ4n) is 3.30. The molecule has 0 radical (unpaired) electrons. The minimum Gasteiger partial charge on any atom is -0.349 e. The van der Waals surface area contributed by atoms with Crippen LogP contribution in [0.5, 0.6) is 0 Å². The Balaban J connectivity index is 1.47. The molecular formula is C23H20N4OS. The Morgan fingerprint density at radius 3 is 2.41 bits per heavy atom. The van der Waals surface area contributed by atoms with Crippen LogP contribution in [-0.4, -0.2) is 32.6 Å². The molecule has 144 valence electrons. The van der Waals surface area contributed by atoms with Crippen LogP contribution in [0, 0.1) is 0 Å². The zero-order valence-corrected chi connectivity index (χ0v) is 16.8. The van der Waals surface area contributed by atoms with Gasteiger partial charge in [0, 0.05) is 33.8 Å². The second-order valence-corrected chi connectivity index (χ2v) is 8.08. The monoisotopic (exact) mass is 400 g/mol. The molecule has 0 aliphatic heterocycles. The summed E-state index contributed by atoms with van der Waals surface area (Å²) in [6, 6.07) is 16.4. The van der Waals surface area contributed by atoms with E-state index in [4.69, 9.17) is 0 Å². The minimum absolute atomic E-state index is 0.00244. The Morgan fingerprint density at radius 1 is 1.00 bits per heavy atom. The first kappa shape index (κ1) is 17.9. The average Bonchev–Trinajstić information content (AvgIpc) is 3.49. The normalized spacial score (nSPS) is 13.6. The van der Waals surface area contributed by atoms with Gasteiger partial charge in [0.1, 0.15) is 0 Å². The molecule has 5 nitrogen and oxygen atoms in total. The van der Waals surface area contributed by atoms with Gasteiger partial charge in [0.25, 0.3) is 5.91 Å². The van der Waals surface area contributed by atoms with Crippen molar-refractivity contribution in [3.63, 3.8) is 0 Å². The predicted molar refractivity (Wildman–Crippen MR) is 116 cm³/mol. The summed E-state index contributed by atoms with van der Waals surface area (Å²) >= 11 is 1.72. The molecule has 0 spiro atoms. The van der Waals surface area contributed by atoms with Crippen LogP contribution in [0.3, 0.4) is 0 Å². The lowest BCUT2D eigenvalue weighted by atomic mass is 10.1. The lowest BCUT2D eigenvalue weighted by molar-refractivity contribution is 0.0951. The molecule has 0 saturated heterocycles. The van der Waals surface area contributed by atoms with Crippen molar-refractivity contribution in [1.82, 2.24) is 19.7 Å². The molecule has 5 rings (SSSR count). The van der Waals surface area contributed by atoms with Crippen LogP contribution >= 0.6 is 11.8 Å². The van der Waals surface area contributed by atoms with E-state index in [2.05, 4.69) is 45.8 Å². The predicted octanol–water partition coefficient (Wildman–Crippen LogP) is 4.68. The molecule has 2 heterocycles. The number of hydrogen-bond acceptors (Lipinski definition) is 4. The summed E-state index contributed by atoms with van der Waals surface area (Å²) in [5.41, 5.74) is 5.42. The highest BCUT2D eigenvalue weighted by atomic mass is 32.2. The summed E-state index contributed by atoms with van der Waals surface area (Å²) in [4.78, 5) is 22.5. The molecule has 1 N–H and O–H groups in total. The average molecular weight is 401 g/mol. The lowest BCUT2D eigenvalue weighted by Gasteiger charge is -2.07. The van der Waals surface area contributed by atoms with Crippen molar-refractivity contribution < 1.29 is 4.79 Å². The van der Waals surface area contributed by atoms with Gasteiger partial charge >= 0.3 is 0 Å². The Morgan fingerprint density at radius 2 is 1.72 bits per heavy atom. The van der Waals surface area contributed by atoms with E-state index in [1.165, 1.54) is 4.90 Å². The van der Waals surface area contributed by atoms with Gasteiger partial charge in [0.05, 0.1) is 23.8 Å². The van der Waals surface area contributed by atoms with Gasteiger partial charge in [-0.1, -0.05) is 24.3 Å². The number of fused-ring (bicyclic) bond motifs is 1. The summed E-state index contributed by atoms with van der Waals surface area (Å²) in [6.07, 6.45) is 9.89. The third kappa shape index (κ3) is 3.63. The minimum atomic E-state index is -0.00244. The van der Waals surface area contributed by atoms with Crippen LogP contribution in [0.2, 0.25) is 0 Å². The van der Waals surface area contributed by atoms with E-state index in [1.807, 2.05) is 41.1 Å². The van der Waals surface area contributed by atoms with Crippen molar-refractivity contribution in [1.29, 1.82) is 0 Å². The Kier molecular flexibility index (Phi) is 4.56. The first-order valence-corrected chi connectivity index (χ1v) is 10.8. The van der Waals surface area contributed by atoms with Crippen molar-refractivity contribution in [2.24, 2.45) is 0 Å². The quantitative estimate of drug-likeness (QED) is 0.494. The number of amides is 1. The molecule has 0 bridgehead atoms. The van der Waals surface area contributed by atoms with E-state index in [-0.39, 0.29) is 5.91 Å². The number of carbonyl (C=O) groups is 1. The molecular weight excluding hydrogens is 380 g/mol. The highest BCUT2D eigenvalue weighted by Gasteiger charge is 2.23. The number of hydrogen-bond donors (Lipinski definition) is 1. The van der Waals surface area contributed by atoms with Gasteiger partial charge in [0.15, 0.2) is 5.65 Å². The number of imidazole rings is 1. The number of thioether (sulfide) groups is 1. The topological polar surface area (TPSA) is 59.3 Å². The third-order valence-electron chi connectivity index (χ3n) is 5.14. The molecule has 0 unspecified atom stereocenters. The molecule has 6 heteroatoms. The van der Waals surface area contributed by atoms with Gasteiger partial charge in [-0.25, -0.2) is 4.98 Å². The zero-order chi connectivity index (χ0) is 19.8. The molecule has 1 fully saturated rings. The van der Waals surface area contributed by atoms with Gasteiger partial charge in [-0.15, -0.1) is 11.8 Å². The van der Waals surface area contributed by atoms with Gasteiger partial charge in [-0.05, 0) is 43.4 Å². The Labute approximate surface area is 173 Å². The number of rotatable bonds is 5. The summed E-state index contributed by atoms with van der Waals surface area (Å²) in [5.74, 6) is -0.00244. The van der Waals surface area contributed by atoms with Crippen molar-refractivity contribution in [2.75, 3.05) is 6.26 Å². The van der Waals surface area contributed by atoms with Gasteiger partial charge in [-0.3, -0.25) is 14.2 Å². The molecule has 1 aliphatic carbocycles. The van der Waals surface area contributed by atoms with Gasteiger partial charge in [0.2, 0.25) is 0 Å². The van der Waals surface area contributed by atoms with E-state index in [0.717, 1.165) is 41.0 Å². The summed E-state index contributed by atoms with van der Waals surface area (Å²) in [7, 11) is 0. The zero-order valence-electron chi connectivity index (χ0n) is 16.0. The number of nitrogens with one attached hydrogen (secondary N) is 1. The number of nitrogens with zero attached hydrogens (tertiary/aromatic N) is 3. The van der Waals surface area contributed by atoms with Gasteiger partial charge < -0.3 is 5.32 Å². The van der Waals surface area contributed by atoms with Crippen LogP contribution in [0.1, 0.15) is 23.2 Å². The second-order valence-electron chi connectivity index (χ2n) is 7.20. The first-order chi connectivity index (χ1) is 14.2. The van der Waals surface area contributed by atoms with E-state index < -0.39 is 0 Å². The largest absolute Gasteiger partial charge is 0.349 e. The van der Waals surface area contributed by atoms with Gasteiger partial charge in [-0.2, -0.15) is 0 Å². The maximum atomic E-state index is 12.2. The van der Waals surface area contributed by atoms with Crippen LogP contribution in [0.4, 0.5) is 0 Å². The second kappa shape index (κ2) is 7.37. The summed E-state index contributed by atoms with van der Waals surface area (Å²) in [5, 5.41) is 3.02. The number of carbonyl (C=O) groups excluding carboxylic acids is 1. The molecule has 29 heavy (non-hydrogen) atoms. The molecule has 2 aromatic heterocycles. The fraction of sp³-hybridized carbons (Fsp3) is 0.174. The first-order valence-electron chi connectivity index (χ1n) is 9.60. The van der Waals surface area contributed by atoms with E-state index in [9.17, 15) is 4.79 Å². The maximum absolute atomic E-state index is 12.2. The number of benzene rings is 2.